The largest absolute Gasteiger partial charge is 0.790 e. The van der Waals surface area contributed by atoms with Crippen molar-refractivity contribution >= 4 is 25.7 Å². The van der Waals surface area contributed by atoms with Gasteiger partial charge in [0.15, 0.2) is 0 Å². The molecule has 0 heterocycles. The summed E-state index contributed by atoms with van der Waals surface area (Å²) in [7, 11) is -3.81. The molecule has 0 fully saturated rings. The first-order valence-electron chi connectivity index (χ1n) is 7.30. The van der Waals surface area contributed by atoms with Gasteiger partial charge in [-0.25, -0.2) is 14.4 Å². The molecule has 174 valence electrons. The second-order valence-corrected chi connectivity index (χ2v) is 5.49. The number of methoxy groups -OCH3 is 1. The van der Waals surface area contributed by atoms with E-state index < -0.39 is 13.8 Å². The van der Waals surface area contributed by atoms with E-state index in [1.165, 1.54) is 20.1 Å². The highest BCUT2D eigenvalue weighted by molar-refractivity contribution is 7.42. The molecule has 13 heteroatoms. The number of hydrogen-bond acceptors (Lipinski definition) is 8. The van der Waals surface area contributed by atoms with Crippen LogP contribution >= 0.6 is 7.82 Å². The fourth-order valence-corrected chi connectivity index (χ4v) is 0.550. The molecule has 0 aliphatic heterocycles. The van der Waals surface area contributed by atoms with Crippen LogP contribution in [-0.4, -0.2) is 41.6 Å². The minimum Gasteiger partial charge on any atom is -0.790 e. The van der Waals surface area contributed by atoms with E-state index in [2.05, 4.69) is 29.2 Å². The number of ether oxygens (including phenoxy) is 2. The Morgan fingerprint density at radius 3 is 1.59 bits per heavy atom. The van der Waals surface area contributed by atoms with E-state index in [-0.39, 0.29) is 29.8 Å². The maximum atomic E-state index is 10.3. The van der Waals surface area contributed by atoms with Crippen LogP contribution in [0.15, 0.2) is 37.0 Å². The molecule has 0 aliphatic carbocycles. The summed E-state index contributed by atoms with van der Waals surface area (Å²) in [6.07, 6.45) is 3.15. The van der Waals surface area contributed by atoms with Crippen LogP contribution < -0.4 is 22.1 Å². The van der Waals surface area contributed by atoms with Crippen LogP contribution in [0.3, 0.4) is 0 Å². The van der Waals surface area contributed by atoms with Crippen LogP contribution in [0.2, 0.25) is 0 Å². The Labute approximate surface area is 171 Å². The summed E-state index contributed by atoms with van der Waals surface area (Å²) in [5.74, 6) is -1.61. The summed E-state index contributed by atoms with van der Waals surface area (Å²) in [6, 6.07) is 0. The number of esters is 2. The van der Waals surface area contributed by atoms with Crippen molar-refractivity contribution in [2.24, 2.45) is 0 Å². The lowest BCUT2D eigenvalue weighted by Crippen LogP contribution is -2.11. The van der Waals surface area contributed by atoms with Crippen molar-refractivity contribution in [3.8, 4) is 0 Å². The third kappa shape index (κ3) is 66.8. The minimum absolute atomic E-state index is 0. The number of unbranched alkanes of at least 4 members (excludes halogenated alkanes) is 1. The molecule has 12 nitrogen and oxygen atoms in total. The van der Waals surface area contributed by atoms with Gasteiger partial charge < -0.3 is 46.1 Å². The molecule has 0 spiro atoms. The number of carbonyl (C=O) groups excluding carboxylic acids is 2. The SMILES string of the molecule is C=C(C)C(=O)O.C=C(C)C(=O)OC.C=CC(=O)OCCCC.O=P([O-])([O-])O.[NH4+].[NH4+]. The first-order valence-corrected chi connectivity index (χ1v) is 8.80. The number of carboxylic acid groups (broad SMARTS) is 1. The fourth-order valence-electron chi connectivity index (χ4n) is 0.550. The van der Waals surface area contributed by atoms with Crippen LogP contribution in [-0.2, 0) is 28.4 Å². The molecule has 0 aromatic rings. The molecule has 0 rings (SSSR count). The summed E-state index contributed by atoms with van der Waals surface area (Å²) >= 11 is 0. The second-order valence-electron chi connectivity index (χ2n) is 4.55. The van der Waals surface area contributed by atoms with E-state index in [1.807, 2.05) is 6.92 Å². The normalized spacial score (nSPS) is 8.10. The molecule has 0 saturated carbocycles. The van der Waals surface area contributed by atoms with Crippen LogP contribution in [0, 0.1) is 0 Å². The van der Waals surface area contributed by atoms with Crippen LogP contribution in [0.5, 0.6) is 0 Å². The lowest BCUT2D eigenvalue weighted by molar-refractivity contribution is -0.337. The Hall–Kier alpha value is -2.34. The summed E-state index contributed by atoms with van der Waals surface area (Å²) in [6.45, 7) is 15.4. The average Bonchev–Trinajstić information content (AvgIpc) is 2.53. The van der Waals surface area contributed by atoms with Crippen molar-refractivity contribution in [2.75, 3.05) is 13.7 Å². The van der Waals surface area contributed by atoms with Crippen molar-refractivity contribution < 1.29 is 48.2 Å². The topological polar surface area (TPSA) is 246 Å². The molecule has 0 saturated heterocycles. The third-order valence-corrected chi connectivity index (χ3v) is 1.81. The Morgan fingerprint density at radius 2 is 1.45 bits per heavy atom. The number of carbonyl (C=O) groups is 3. The lowest BCUT2D eigenvalue weighted by Gasteiger charge is -2.19. The minimum atomic E-state index is -5.14. The zero-order valence-corrected chi connectivity index (χ0v) is 18.8. The second kappa shape index (κ2) is 25.7. The molecule has 0 aromatic carbocycles. The Balaban J connectivity index is -0.0000000608. The summed E-state index contributed by atoms with van der Waals surface area (Å²) in [4.78, 5) is 54.4. The molecule has 0 atom stereocenters. The van der Waals surface area contributed by atoms with Crippen molar-refractivity contribution in [3.63, 3.8) is 0 Å². The number of aliphatic carboxylic acids is 1. The van der Waals surface area contributed by atoms with Gasteiger partial charge in [0.1, 0.15) is 0 Å². The molecule has 10 N–H and O–H groups in total. The van der Waals surface area contributed by atoms with Gasteiger partial charge in [-0.3, -0.25) is 0 Å². The van der Waals surface area contributed by atoms with Gasteiger partial charge in [-0.15, -0.1) is 0 Å². The van der Waals surface area contributed by atoms with E-state index >= 15 is 0 Å². The highest BCUT2D eigenvalue weighted by Crippen LogP contribution is 2.11. The van der Waals surface area contributed by atoms with Crippen molar-refractivity contribution in [1.82, 2.24) is 12.3 Å². The van der Waals surface area contributed by atoms with Gasteiger partial charge in [0.05, 0.1) is 21.5 Å². The molecule has 0 bridgehead atoms. The number of rotatable bonds is 6. The van der Waals surface area contributed by atoms with Crippen LogP contribution in [0.1, 0.15) is 33.6 Å². The predicted molar refractivity (Wildman–Crippen MR) is 107 cm³/mol. The lowest BCUT2D eigenvalue weighted by atomic mass is 10.4. The van der Waals surface area contributed by atoms with Crippen molar-refractivity contribution in [3.05, 3.63) is 37.0 Å². The number of phosphoric acid groups is 1. The van der Waals surface area contributed by atoms with Gasteiger partial charge in [0, 0.05) is 17.2 Å². The molecular formula is C16H35N2O10P. The number of quaternary nitrogens is 2. The van der Waals surface area contributed by atoms with Crippen LogP contribution in [0.4, 0.5) is 0 Å². The van der Waals surface area contributed by atoms with Gasteiger partial charge in [0.2, 0.25) is 0 Å². The first kappa shape index (κ1) is 41.1. The van der Waals surface area contributed by atoms with Gasteiger partial charge in [-0.05, 0) is 20.3 Å². The Bertz CT molecular complexity index is 524. The highest BCUT2D eigenvalue weighted by Gasteiger charge is 1.95. The maximum absolute atomic E-state index is 10.3. The summed E-state index contributed by atoms with van der Waals surface area (Å²) in [5.41, 5.74) is 0.609. The summed E-state index contributed by atoms with van der Waals surface area (Å²) in [5, 5.41) is 7.89. The number of hydrogen-bond donors (Lipinski definition) is 4. The third-order valence-electron chi connectivity index (χ3n) is 1.81. The first-order chi connectivity index (χ1) is 12.1. The van der Waals surface area contributed by atoms with Gasteiger partial charge >= 0.3 is 17.9 Å². The quantitative estimate of drug-likeness (QED) is 0.198. The van der Waals surface area contributed by atoms with E-state index in [0.29, 0.717) is 12.2 Å². The van der Waals surface area contributed by atoms with Crippen molar-refractivity contribution in [1.29, 1.82) is 0 Å². The molecule has 0 amide bonds. The van der Waals surface area contributed by atoms with E-state index in [9.17, 15) is 14.4 Å². The van der Waals surface area contributed by atoms with Crippen molar-refractivity contribution in [2.45, 2.75) is 33.6 Å². The summed E-state index contributed by atoms with van der Waals surface area (Å²) < 4.78 is 17.6. The van der Waals surface area contributed by atoms with Gasteiger partial charge in [-0.2, -0.15) is 0 Å². The fraction of sp³-hybridized carbons (Fsp3) is 0.438. The van der Waals surface area contributed by atoms with E-state index in [4.69, 9.17) is 24.4 Å². The molecule has 29 heavy (non-hydrogen) atoms. The zero-order chi connectivity index (χ0) is 22.6. The molecule has 0 unspecified atom stereocenters. The molecular weight excluding hydrogens is 411 g/mol. The molecule has 0 aromatic heterocycles. The highest BCUT2D eigenvalue weighted by atomic mass is 31.2. The maximum Gasteiger partial charge on any atom is 0.332 e. The smallest absolute Gasteiger partial charge is 0.332 e. The van der Waals surface area contributed by atoms with Crippen LogP contribution in [0.25, 0.3) is 0 Å². The Kier molecular flexibility index (Phi) is 36.4. The van der Waals surface area contributed by atoms with Gasteiger partial charge in [-0.1, -0.05) is 33.1 Å². The monoisotopic (exact) mass is 446 g/mol. The van der Waals surface area contributed by atoms with E-state index in [0.717, 1.165) is 12.8 Å². The average molecular weight is 446 g/mol. The van der Waals surface area contributed by atoms with Gasteiger partial charge in [0.25, 0.3) is 0 Å². The molecule has 0 radical (unpaired) electrons. The number of carboxylic acids is 1. The Morgan fingerprint density at radius 1 is 1.10 bits per heavy atom. The van der Waals surface area contributed by atoms with E-state index in [1.54, 1.807) is 6.92 Å². The zero-order valence-electron chi connectivity index (χ0n) is 17.9. The molecule has 0 aliphatic rings. The standard InChI is InChI=1S/C7H12O2.C5H8O2.C4H6O2.2H3N.H3O4P/c1-3-5-6-9-7(8)4-2;1-4(2)5(6)7-3;1-3(2)4(5)6;;;1-5(2,3)4/h4H,2-3,5-6H2,1H3;1H2,2-3H3;1H2,2H3,(H,5,6);2*1H3;(H3,1,2,3,4). The predicted octanol–water partition coefficient (Wildman–Crippen LogP) is 1.46.